The monoisotopic (exact) mass is 344 g/mol. The molecule has 0 aliphatic heterocycles. The van der Waals surface area contributed by atoms with Gasteiger partial charge in [-0.3, -0.25) is 0 Å². The highest BCUT2D eigenvalue weighted by Gasteiger charge is 2.38. The molecule has 0 nitrogen and oxygen atoms in total. The summed E-state index contributed by atoms with van der Waals surface area (Å²) in [7, 11) is -4.41. The van der Waals surface area contributed by atoms with E-state index in [-0.39, 0.29) is 0 Å². The average Bonchev–Trinajstić information content (AvgIpc) is 2.02. The van der Waals surface area contributed by atoms with Crippen LogP contribution < -0.4 is 0 Å². The van der Waals surface area contributed by atoms with Gasteiger partial charge in [-0.25, -0.2) is 0 Å². The summed E-state index contributed by atoms with van der Waals surface area (Å²) in [6.07, 6.45) is 5.39. The summed E-state index contributed by atoms with van der Waals surface area (Å²) < 4.78 is 0. The van der Waals surface area contributed by atoms with E-state index in [1.54, 1.807) is 0 Å². The molecule has 0 aromatic heterocycles. The average molecular weight is 345 g/mol. The molecule has 0 saturated carbocycles. The Labute approximate surface area is 133 Å². The lowest BCUT2D eigenvalue weighted by Gasteiger charge is -2.39. The van der Waals surface area contributed by atoms with Gasteiger partial charge in [-0.1, -0.05) is 90.7 Å². The third-order valence-electron chi connectivity index (χ3n) is 4.23. The Bertz CT molecular complexity index is 269. The highest BCUT2D eigenvalue weighted by molar-refractivity contribution is 6.98. The van der Waals surface area contributed by atoms with Crippen LogP contribution in [0.4, 0.5) is 0 Å². The van der Waals surface area contributed by atoms with Gasteiger partial charge in [-0.2, -0.15) is 0 Å². The van der Waals surface area contributed by atoms with Crippen LogP contribution in [0, 0.1) is 0 Å². The molecule has 20 heavy (non-hydrogen) atoms. The van der Waals surface area contributed by atoms with Crippen LogP contribution in [0.3, 0.4) is 0 Å². The topological polar surface area (TPSA) is 0 Å². The Morgan fingerprint density at radius 3 is 0.650 bits per heavy atom. The molecule has 0 unspecified atom stereocenters. The summed E-state index contributed by atoms with van der Waals surface area (Å²) in [6.45, 7) is 30.6. The molecule has 0 bridgehead atoms. The van der Waals surface area contributed by atoms with E-state index in [4.69, 9.17) is 0 Å². The van der Waals surface area contributed by atoms with Crippen molar-refractivity contribution in [3.8, 4) is 0 Å². The third-order valence-corrected chi connectivity index (χ3v) is 22.9. The molecule has 0 saturated heterocycles. The molecule has 0 heterocycles. The second kappa shape index (κ2) is 6.39. The van der Waals surface area contributed by atoms with Crippen LogP contribution in [-0.2, 0) is 0 Å². The molecule has 0 amide bonds. The second-order valence-corrected chi connectivity index (χ2v) is 33.4. The van der Waals surface area contributed by atoms with Gasteiger partial charge in [-0.05, 0) is 10.3 Å². The van der Waals surface area contributed by atoms with E-state index in [1.807, 2.05) is 0 Å². The van der Waals surface area contributed by atoms with E-state index in [2.05, 4.69) is 90.7 Å². The molecular formula is C16H40Si4. The van der Waals surface area contributed by atoms with E-state index < -0.39 is 32.3 Å². The van der Waals surface area contributed by atoms with Crippen LogP contribution in [0.15, 0.2) is 12.2 Å². The van der Waals surface area contributed by atoms with Gasteiger partial charge in [0.1, 0.15) is 0 Å². The minimum absolute atomic E-state index is 0.908. The smallest absolute Gasteiger partial charge is 0.0485 e. The lowest BCUT2D eigenvalue weighted by molar-refractivity contribution is 1.24. The number of hydrogen-bond donors (Lipinski definition) is 0. The van der Waals surface area contributed by atoms with Crippen LogP contribution >= 0.6 is 0 Å². The maximum absolute atomic E-state index is 2.69. The summed E-state index contributed by atoms with van der Waals surface area (Å²) in [5, 5.41) is 1.82. The van der Waals surface area contributed by atoms with Crippen LogP contribution in [0.2, 0.25) is 88.9 Å². The predicted molar refractivity (Wildman–Crippen MR) is 110 cm³/mol. The highest BCUT2D eigenvalue weighted by atomic mass is 28.4. The fourth-order valence-corrected chi connectivity index (χ4v) is 27.5. The Kier molecular flexibility index (Phi) is 6.58. The van der Waals surface area contributed by atoms with Crippen molar-refractivity contribution in [3.05, 3.63) is 12.2 Å². The summed E-state index contributed by atoms with van der Waals surface area (Å²) in [6, 6.07) is 0. The first-order chi connectivity index (χ1) is 8.47. The fourth-order valence-electron chi connectivity index (χ4n) is 3.97. The van der Waals surface area contributed by atoms with Crippen LogP contribution in [-0.4, -0.2) is 32.3 Å². The Balaban J connectivity index is 5.50. The molecule has 0 aromatic carbocycles. The summed E-state index contributed by atoms with van der Waals surface area (Å²) >= 11 is 0. The van der Waals surface area contributed by atoms with Crippen LogP contribution in [0.5, 0.6) is 0 Å². The standard InChI is InChI=1S/C16H40Si4/c1-17(2,3)15(18(4,5)6)13-14-16(19(7,8)9)20(10,11)12/h13-16H,1-12H3/b14-13+. The molecule has 0 aliphatic rings. The summed E-state index contributed by atoms with van der Waals surface area (Å²) in [5.41, 5.74) is 0. The van der Waals surface area contributed by atoms with Crippen molar-refractivity contribution in [1.29, 1.82) is 0 Å². The van der Waals surface area contributed by atoms with Gasteiger partial charge in [0.15, 0.2) is 0 Å². The van der Waals surface area contributed by atoms with Crippen molar-refractivity contribution in [1.82, 2.24) is 0 Å². The van der Waals surface area contributed by atoms with E-state index >= 15 is 0 Å². The molecule has 0 atom stereocenters. The van der Waals surface area contributed by atoms with Crippen molar-refractivity contribution in [2.45, 2.75) is 88.9 Å². The van der Waals surface area contributed by atoms with E-state index in [0.717, 1.165) is 10.3 Å². The quantitative estimate of drug-likeness (QED) is 0.371. The molecular weight excluding hydrogens is 305 g/mol. The first-order valence-corrected chi connectivity index (χ1v) is 22.5. The highest BCUT2D eigenvalue weighted by Crippen LogP contribution is 2.38. The zero-order valence-electron chi connectivity index (χ0n) is 16.3. The van der Waals surface area contributed by atoms with Gasteiger partial charge in [-0.15, -0.1) is 0 Å². The second-order valence-electron chi connectivity index (χ2n) is 10.8. The van der Waals surface area contributed by atoms with Crippen molar-refractivity contribution in [3.63, 3.8) is 0 Å². The molecule has 0 fully saturated rings. The normalized spacial score (nSPS) is 15.7. The molecule has 0 N–H and O–H groups in total. The first-order valence-electron chi connectivity index (χ1n) is 8.15. The SMILES string of the molecule is C[Si](C)(C)C(/C=C/C([Si](C)(C)C)[Si](C)(C)C)[Si](C)(C)C. The number of hydrogen-bond acceptors (Lipinski definition) is 0. The molecule has 120 valence electrons. The van der Waals surface area contributed by atoms with Crippen LogP contribution in [0.25, 0.3) is 0 Å². The predicted octanol–water partition coefficient (Wildman–Crippen LogP) is 6.71. The van der Waals surface area contributed by atoms with Gasteiger partial charge in [0, 0.05) is 32.3 Å². The van der Waals surface area contributed by atoms with E-state index in [1.165, 1.54) is 0 Å². The van der Waals surface area contributed by atoms with E-state index in [9.17, 15) is 0 Å². The largest absolute Gasteiger partial charge is 0.0910 e. The Hall–Kier alpha value is 0.608. The fraction of sp³-hybridized carbons (Fsp3) is 0.875. The lowest BCUT2D eigenvalue weighted by atomic mass is 10.6. The van der Waals surface area contributed by atoms with Gasteiger partial charge in [0.2, 0.25) is 0 Å². The first kappa shape index (κ1) is 20.6. The lowest BCUT2D eigenvalue weighted by Crippen LogP contribution is -2.44. The zero-order chi connectivity index (χ0) is 16.6. The molecule has 4 heteroatoms. The summed E-state index contributed by atoms with van der Waals surface area (Å²) in [5.74, 6) is 0. The van der Waals surface area contributed by atoms with Gasteiger partial charge in [0.05, 0.1) is 0 Å². The molecule has 0 aliphatic carbocycles. The van der Waals surface area contributed by atoms with Crippen molar-refractivity contribution < 1.29 is 0 Å². The molecule has 0 rings (SSSR count). The minimum Gasteiger partial charge on any atom is -0.0910 e. The maximum Gasteiger partial charge on any atom is 0.0485 e. The minimum atomic E-state index is -1.10. The molecule has 0 radical (unpaired) electrons. The Morgan fingerprint density at radius 1 is 0.400 bits per heavy atom. The Morgan fingerprint density at radius 2 is 0.550 bits per heavy atom. The van der Waals surface area contributed by atoms with Crippen molar-refractivity contribution >= 4 is 32.3 Å². The molecule has 0 aromatic rings. The van der Waals surface area contributed by atoms with Crippen molar-refractivity contribution in [2.75, 3.05) is 0 Å². The summed E-state index contributed by atoms with van der Waals surface area (Å²) in [4.78, 5) is 0. The number of allylic oxidation sites excluding steroid dienone is 2. The van der Waals surface area contributed by atoms with Crippen LogP contribution in [0.1, 0.15) is 0 Å². The third kappa shape index (κ3) is 6.58. The number of rotatable bonds is 6. The maximum atomic E-state index is 2.69. The van der Waals surface area contributed by atoms with Gasteiger partial charge in [0.25, 0.3) is 0 Å². The van der Waals surface area contributed by atoms with E-state index in [0.29, 0.717) is 0 Å². The van der Waals surface area contributed by atoms with Crippen molar-refractivity contribution in [2.24, 2.45) is 0 Å². The molecule has 0 spiro atoms. The van der Waals surface area contributed by atoms with Gasteiger partial charge < -0.3 is 0 Å². The van der Waals surface area contributed by atoms with Gasteiger partial charge >= 0.3 is 0 Å². The zero-order valence-corrected chi connectivity index (χ0v) is 20.3.